The largest absolute Gasteiger partial charge is 0.381 e. The standard InChI is InChI=1S/C22H31N3O2/c1-14(2)11-15-5-6-16-13-21(9-7-17(27-4)8-10-21)22(18(16)12-15)19(26)25(3)20(23)24-22/h5-6,12,14,17H,7-11,13H2,1-4H3,(H2,23,24)/t17?,21?,22-/m1/s1. The van der Waals surface area contributed by atoms with Crippen molar-refractivity contribution in [1.29, 1.82) is 0 Å². The second-order valence-electron chi connectivity index (χ2n) is 9.03. The van der Waals surface area contributed by atoms with Gasteiger partial charge >= 0.3 is 0 Å². The number of guanidine groups is 1. The quantitative estimate of drug-likeness (QED) is 0.890. The van der Waals surface area contributed by atoms with Crippen molar-refractivity contribution < 1.29 is 9.53 Å². The van der Waals surface area contributed by atoms with Gasteiger partial charge in [-0.1, -0.05) is 32.0 Å². The van der Waals surface area contributed by atoms with E-state index in [1.165, 1.54) is 11.1 Å². The molecular weight excluding hydrogens is 338 g/mol. The summed E-state index contributed by atoms with van der Waals surface area (Å²) in [5, 5.41) is 0. The molecule has 1 aliphatic heterocycles. The lowest BCUT2D eigenvalue weighted by atomic mass is 9.61. The predicted molar refractivity (Wildman–Crippen MR) is 106 cm³/mol. The fourth-order valence-electron chi connectivity index (χ4n) is 5.57. The highest BCUT2D eigenvalue weighted by Crippen LogP contribution is 2.61. The van der Waals surface area contributed by atoms with Crippen LogP contribution in [0.15, 0.2) is 23.2 Å². The minimum atomic E-state index is -0.854. The Morgan fingerprint density at radius 2 is 2.04 bits per heavy atom. The summed E-state index contributed by atoms with van der Waals surface area (Å²) in [5.74, 6) is 0.952. The highest BCUT2D eigenvalue weighted by molar-refractivity contribution is 6.08. The molecule has 1 saturated carbocycles. The Morgan fingerprint density at radius 1 is 1.33 bits per heavy atom. The van der Waals surface area contributed by atoms with E-state index in [1.54, 1.807) is 19.1 Å². The van der Waals surface area contributed by atoms with Crippen LogP contribution >= 0.6 is 0 Å². The molecule has 3 aliphatic rings. The first-order valence-electron chi connectivity index (χ1n) is 10.1. The molecule has 146 valence electrons. The molecule has 1 aromatic carbocycles. The van der Waals surface area contributed by atoms with Crippen molar-refractivity contribution >= 4 is 11.9 Å². The second kappa shape index (κ2) is 6.33. The minimum absolute atomic E-state index is 0.0383. The molecule has 1 heterocycles. The van der Waals surface area contributed by atoms with E-state index in [2.05, 4.69) is 32.0 Å². The van der Waals surface area contributed by atoms with Gasteiger partial charge in [0.1, 0.15) is 0 Å². The van der Waals surface area contributed by atoms with Crippen LogP contribution in [0.5, 0.6) is 0 Å². The van der Waals surface area contributed by atoms with Crippen molar-refractivity contribution in [3.05, 3.63) is 34.9 Å². The molecule has 27 heavy (non-hydrogen) atoms. The first kappa shape index (κ1) is 18.5. The zero-order valence-corrected chi connectivity index (χ0v) is 16.9. The molecule has 1 amide bonds. The van der Waals surface area contributed by atoms with Gasteiger partial charge in [0.15, 0.2) is 11.5 Å². The fourth-order valence-corrected chi connectivity index (χ4v) is 5.57. The van der Waals surface area contributed by atoms with Gasteiger partial charge in [0.2, 0.25) is 0 Å². The van der Waals surface area contributed by atoms with Crippen LogP contribution < -0.4 is 5.73 Å². The Morgan fingerprint density at radius 3 is 2.59 bits per heavy atom. The molecule has 0 bridgehead atoms. The Labute approximate surface area is 162 Å². The summed E-state index contributed by atoms with van der Waals surface area (Å²) in [6.07, 6.45) is 6.01. The summed E-state index contributed by atoms with van der Waals surface area (Å²) in [7, 11) is 3.53. The number of aliphatic imine (C=N–C) groups is 1. The van der Waals surface area contributed by atoms with Crippen LogP contribution in [0.3, 0.4) is 0 Å². The Bertz CT molecular complexity index is 793. The van der Waals surface area contributed by atoms with E-state index in [-0.39, 0.29) is 17.4 Å². The third kappa shape index (κ3) is 2.54. The lowest BCUT2D eigenvalue weighted by molar-refractivity contribution is -0.137. The van der Waals surface area contributed by atoms with Crippen molar-refractivity contribution in [2.45, 2.75) is 64.0 Å². The van der Waals surface area contributed by atoms with Crippen LogP contribution in [0.1, 0.15) is 56.2 Å². The molecule has 2 spiro atoms. The molecule has 4 rings (SSSR count). The molecule has 1 aromatic rings. The number of carbonyl (C=O) groups excluding carboxylic acids is 1. The minimum Gasteiger partial charge on any atom is -0.381 e. The maximum atomic E-state index is 13.6. The SMILES string of the molecule is COC1CCC2(CC1)Cc1ccc(CC(C)C)cc1[C@]21N=C(N)N(C)C1=O. The van der Waals surface area contributed by atoms with E-state index in [0.29, 0.717) is 11.9 Å². The Kier molecular flexibility index (Phi) is 4.34. The normalized spacial score (nSPS) is 32.6. The number of ether oxygens (including phenoxy) is 1. The maximum absolute atomic E-state index is 13.6. The molecule has 5 nitrogen and oxygen atoms in total. The monoisotopic (exact) mass is 369 g/mol. The first-order valence-corrected chi connectivity index (χ1v) is 10.1. The van der Waals surface area contributed by atoms with Gasteiger partial charge in [-0.05, 0) is 61.1 Å². The van der Waals surface area contributed by atoms with E-state index in [1.807, 2.05) is 0 Å². The van der Waals surface area contributed by atoms with Crippen LogP contribution in [-0.2, 0) is 27.9 Å². The molecule has 0 saturated heterocycles. The van der Waals surface area contributed by atoms with Crippen LogP contribution in [0.25, 0.3) is 0 Å². The van der Waals surface area contributed by atoms with Gasteiger partial charge < -0.3 is 10.5 Å². The third-order valence-electron chi connectivity index (χ3n) is 6.97. The van der Waals surface area contributed by atoms with Gasteiger partial charge in [0, 0.05) is 19.6 Å². The summed E-state index contributed by atoms with van der Waals surface area (Å²) in [5.41, 5.74) is 8.77. The smallest absolute Gasteiger partial charge is 0.262 e. The highest BCUT2D eigenvalue weighted by atomic mass is 16.5. The van der Waals surface area contributed by atoms with E-state index in [9.17, 15) is 4.79 Å². The number of methoxy groups -OCH3 is 1. The molecule has 1 atom stereocenters. The van der Waals surface area contributed by atoms with Crippen LogP contribution in [-0.4, -0.2) is 37.0 Å². The second-order valence-corrected chi connectivity index (χ2v) is 9.03. The van der Waals surface area contributed by atoms with E-state index < -0.39 is 5.54 Å². The molecule has 2 aliphatic carbocycles. The van der Waals surface area contributed by atoms with Crippen molar-refractivity contribution in [1.82, 2.24) is 4.90 Å². The average molecular weight is 370 g/mol. The molecule has 5 heteroatoms. The molecule has 0 aromatic heterocycles. The number of hydrogen-bond donors (Lipinski definition) is 1. The molecular formula is C22H31N3O2. The van der Waals surface area contributed by atoms with Gasteiger partial charge in [-0.2, -0.15) is 0 Å². The fraction of sp³-hybridized carbons (Fsp3) is 0.636. The number of amides is 1. The lowest BCUT2D eigenvalue weighted by Crippen LogP contribution is -2.51. The first-order chi connectivity index (χ1) is 12.8. The third-order valence-corrected chi connectivity index (χ3v) is 6.97. The topological polar surface area (TPSA) is 67.9 Å². The number of carbonyl (C=O) groups is 1. The summed E-state index contributed by atoms with van der Waals surface area (Å²) in [4.78, 5) is 20.0. The molecule has 0 radical (unpaired) electrons. The number of nitrogens with zero attached hydrogens (tertiary/aromatic N) is 2. The average Bonchev–Trinajstić information content (AvgIpc) is 3.03. The highest BCUT2D eigenvalue weighted by Gasteiger charge is 2.66. The van der Waals surface area contributed by atoms with E-state index >= 15 is 0 Å². The Hall–Kier alpha value is -1.88. The number of rotatable bonds is 3. The number of fused-ring (bicyclic) bond motifs is 3. The molecule has 2 N–H and O–H groups in total. The zero-order valence-electron chi connectivity index (χ0n) is 16.9. The van der Waals surface area contributed by atoms with Crippen molar-refractivity contribution in [3.8, 4) is 0 Å². The van der Waals surface area contributed by atoms with Gasteiger partial charge in [0.05, 0.1) is 6.10 Å². The lowest BCUT2D eigenvalue weighted by Gasteiger charge is -2.45. The van der Waals surface area contributed by atoms with Crippen LogP contribution in [0.4, 0.5) is 0 Å². The number of hydrogen-bond acceptors (Lipinski definition) is 4. The van der Waals surface area contributed by atoms with Gasteiger partial charge in [-0.3, -0.25) is 9.69 Å². The zero-order chi connectivity index (χ0) is 19.4. The van der Waals surface area contributed by atoms with Crippen molar-refractivity contribution in [3.63, 3.8) is 0 Å². The number of benzene rings is 1. The number of likely N-dealkylation sites (N-methyl/N-ethyl adjacent to an activating group) is 1. The van der Waals surface area contributed by atoms with E-state index in [4.69, 9.17) is 15.5 Å². The van der Waals surface area contributed by atoms with Crippen molar-refractivity contribution in [2.75, 3.05) is 14.2 Å². The van der Waals surface area contributed by atoms with E-state index in [0.717, 1.165) is 44.1 Å². The summed E-state index contributed by atoms with van der Waals surface area (Å²) < 4.78 is 5.60. The van der Waals surface area contributed by atoms with Gasteiger partial charge in [-0.15, -0.1) is 0 Å². The predicted octanol–water partition coefficient (Wildman–Crippen LogP) is 3.00. The summed E-state index contributed by atoms with van der Waals surface area (Å²) >= 11 is 0. The van der Waals surface area contributed by atoms with Gasteiger partial charge in [0.25, 0.3) is 5.91 Å². The Balaban J connectivity index is 1.84. The van der Waals surface area contributed by atoms with Crippen LogP contribution in [0.2, 0.25) is 0 Å². The maximum Gasteiger partial charge on any atom is 0.262 e. The van der Waals surface area contributed by atoms with Crippen molar-refractivity contribution in [2.24, 2.45) is 22.1 Å². The van der Waals surface area contributed by atoms with Gasteiger partial charge in [-0.25, -0.2) is 4.99 Å². The summed E-state index contributed by atoms with van der Waals surface area (Å²) in [6.45, 7) is 4.45. The molecule has 1 fully saturated rings. The number of nitrogens with two attached hydrogens (primary N) is 1. The van der Waals surface area contributed by atoms with Crippen LogP contribution in [0, 0.1) is 11.3 Å². The summed E-state index contributed by atoms with van der Waals surface area (Å²) in [6, 6.07) is 6.69. The molecule has 0 unspecified atom stereocenters.